The number of hydrogen-bond donors (Lipinski definition) is 2. The summed E-state index contributed by atoms with van der Waals surface area (Å²) >= 11 is 3.62. The Morgan fingerprint density at radius 1 is 1.06 bits per heavy atom. The Hall–Kier alpha value is -2.87. The van der Waals surface area contributed by atoms with Crippen LogP contribution in [-0.2, 0) is 14.3 Å². The van der Waals surface area contributed by atoms with Gasteiger partial charge in [-0.05, 0) is 54.8 Å². The van der Waals surface area contributed by atoms with Gasteiger partial charge >= 0.3 is 5.97 Å². The molecular weight excluding hydrogens is 464 g/mol. The first-order valence-electron chi connectivity index (χ1n) is 10.2. The van der Waals surface area contributed by atoms with E-state index >= 15 is 0 Å². The SMILES string of the molecule is COc1ccc(NC(=O)c2cccc(NC(=O)[C@@H]3[C@H]4C[C@H]5[C@H](OC(=O)[C@H]53)[C@H]4Br)c2)cc1. The van der Waals surface area contributed by atoms with Gasteiger partial charge in [-0.15, -0.1) is 0 Å². The number of anilines is 2. The molecule has 2 N–H and O–H groups in total. The third kappa shape index (κ3) is 3.39. The van der Waals surface area contributed by atoms with Crippen molar-refractivity contribution in [2.75, 3.05) is 17.7 Å². The van der Waals surface area contributed by atoms with E-state index in [-0.39, 0.29) is 46.5 Å². The second-order valence-electron chi connectivity index (χ2n) is 8.21. The lowest BCUT2D eigenvalue weighted by molar-refractivity contribution is -0.145. The number of halogens is 1. The number of esters is 1. The molecule has 160 valence electrons. The number of amides is 2. The fraction of sp³-hybridized carbons (Fsp3) is 0.348. The molecule has 0 radical (unpaired) electrons. The summed E-state index contributed by atoms with van der Waals surface area (Å²) in [6.07, 6.45) is 0.705. The Morgan fingerprint density at radius 2 is 1.84 bits per heavy atom. The van der Waals surface area contributed by atoms with E-state index in [1.807, 2.05) is 0 Å². The molecule has 1 heterocycles. The van der Waals surface area contributed by atoms with E-state index in [2.05, 4.69) is 26.6 Å². The van der Waals surface area contributed by atoms with Gasteiger partial charge in [-0.2, -0.15) is 0 Å². The van der Waals surface area contributed by atoms with E-state index in [1.165, 1.54) is 0 Å². The molecule has 0 unspecified atom stereocenters. The summed E-state index contributed by atoms with van der Waals surface area (Å²) in [6, 6.07) is 13.8. The van der Waals surface area contributed by atoms with Crippen LogP contribution in [0.2, 0.25) is 0 Å². The summed E-state index contributed by atoms with van der Waals surface area (Å²) in [4.78, 5) is 38.0. The topological polar surface area (TPSA) is 93.7 Å². The van der Waals surface area contributed by atoms with Gasteiger partial charge in [-0.1, -0.05) is 22.0 Å². The van der Waals surface area contributed by atoms with E-state index < -0.39 is 5.92 Å². The van der Waals surface area contributed by atoms with Gasteiger partial charge in [0, 0.05) is 22.9 Å². The monoisotopic (exact) mass is 484 g/mol. The van der Waals surface area contributed by atoms with Gasteiger partial charge in [-0.3, -0.25) is 14.4 Å². The van der Waals surface area contributed by atoms with Crippen LogP contribution < -0.4 is 15.4 Å². The molecule has 2 aliphatic carbocycles. The van der Waals surface area contributed by atoms with E-state index in [9.17, 15) is 14.4 Å². The average Bonchev–Trinajstić information content (AvgIpc) is 3.39. The predicted octanol–water partition coefficient (Wildman–Crippen LogP) is 3.46. The molecule has 0 aromatic heterocycles. The first-order chi connectivity index (χ1) is 15.0. The minimum absolute atomic E-state index is 0.0116. The molecule has 7 nitrogen and oxygen atoms in total. The molecule has 6 atom stereocenters. The molecule has 2 amide bonds. The third-order valence-electron chi connectivity index (χ3n) is 6.57. The molecule has 0 spiro atoms. The number of methoxy groups -OCH3 is 1. The third-order valence-corrected chi connectivity index (χ3v) is 7.77. The van der Waals surface area contributed by atoms with E-state index in [4.69, 9.17) is 9.47 Å². The number of nitrogens with one attached hydrogen (secondary N) is 2. The number of ether oxygens (including phenoxy) is 2. The maximum Gasteiger partial charge on any atom is 0.310 e. The number of hydrogen-bond acceptors (Lipinski definition) is 5. The highest BCUT2D eigenvalue weighted by atomic mass is 79.9. The summed E-state index contributed by atoms with van der Waals surface area (Å²) in [5, 5.41) is 5.73. The van der Waals surface area contributed by atoms with E-state index in [0.717, 1.165) is 6.42 Å². The molecule has 5 rings (SSSR count). The van der Waals surface area contributed by atoms with Crippen LogP contribution in [0.25, 0.3) is 0 Å². The Bertz CT molecular complexity index is 1060. The lowest BCUT2D eigenvalue weighted by Gasteiger charge is -2.27. The minimum atomic E-state index is -0.419. The lowest BCUT2D eigenvalue weighted by atomic mass is 9.79. The van der Waals surface area contributed by atoms with E-state index in [0.29, 0.717) is 22.7 Å². The van der Waals surface area contributed by atoms with Gasteiger partial charge in [0.25, 0.3) is 5.91 Å². The van der Waals surface area contributed by atoms with Gasteiger partial charge in [-0.25, -0.2) is 0 Å². The summed E-state index contributed by atoms with van der Waals surface area (Å²) in [6.45, 7) is 0. The van der Waals surface area contributed by atoms with Gasteiger partial charge in [0.05, 0.1) is 23.8 Å². The summed E-state index contributed by atoms with van der Waals surface area (Å²) in [7, 11) is 1.58. The first kappa shape index (κ1) is 20.1. The number of benzene rings is 2. The Balaban J connectivity index is 1.28. The largest absolute Gasteiger partial charge is 0.497 e. The normalized spacial score (nSPS) is 30.1. The molecule has 2 saturated carbocycles. The van der Waals surface area contributed by atoms with Crippen LogP contribution in [0.1, 0.15) is 16.8 Å². The average molecular weight is 485 g/mol. The minimum Gasteiger partial charge on any atom is -0.497 e. The molecule has 31 heavy (non-hydrogen) atoms. The zero-order valence-corrected chi connectivity index (χ0v) is 18.3. The molecule has 3 aliphatic rings. The fourth-order valence-corrected chi connectivity index (χ4v) is 6.22. The number of alkyl halides is 1. The van der Waals surface area contributed by atoms with Crippen molar-refractivity contribution in [1.29, 1.82) is 0 Å². The molecule has 1 saturated heterocycles. The van der Waals surface area contributed by atoms with Crippen LogP contribution in [0.15, 0.2) is 48.5 Å². The van der Waals surface area contributed by atoms with Crippen LogP contribution in [0.3, 0.4) is 0 Å². The van der Waals surface area contributed by atoms with Gasteiger partial charge < -0.3 is 20.1 Å². The van der Waals surface area contributed by atoms with Crippen molar-refractivity contribution >= 4 is 45.1 Å². The summed E-state index contributed by atoms with van der Waals surface area (Å²) < 4.78 is 10.6. The highest BCUT2D eigenvalue weighted by molar-refractivity contribution is 9.09. The highest BCUT2D eigenvalue weighted by Crippen LogP contribution is 2.60. The van der Waals surface area contributed by atoms with Crippen molar-refractivity contribution in [1.82, 2.24) is 0 Å². The number of rotatable bonds is 5. The Kier molecular flexibility index (Phi) is 4.97. The van der Waals surface area contributed by atoms with Crippen LogP contribution in [-0.4, -0.2) is 35.8 Å². The molecular formula is C23H21BrN2O5. The molecule has 2 aromatic rings. The maximum absolute atomic E-state index is 13.1. The zero-order valence-electron chi connectivity index (χ0n) is 16.7. The van der Waals surface area contributed by atoms with Crippen molar-refractivity contribution < 1.29 is 23.9 Å². The van der Waals surface area contributed by atoms with Crippen molar-refractivity contribution in [2.24, 2.45) is 23.7 Å². The first-order valence-corrected chi connectivity index (χ1v) is 11.1. The van der Waals surface area contributed by atoms with Gasteiger partial charge in [0.1, 0.15) is 11.9 Å². The van der Waals surface area contributed by atoms with Crippen LogP contribution in [0.5, 0.6) is 5.75 Å². The van der Waals surface area contributed by atoms with Crippen LogP contribution in [0, 0.1) is 23.7 Å². The van der Waals surface area contributed by atoms with Crippen LogP contribution in [0.4, 0.5) is 11.4 Å². The second kappa shape index (κ2) is 7.67. The second-order valence-corrected chi connectivity index (χ2v) is 9.27. The smallest absolute Gasteiger partial charge is 0.310 e. The van der Waals surface area contributed by atoms with Crippen molar-refractivity contribution in [3.63, 3.8) is 0 Å². The van der Waals surface area contributed by atoms with Gasteiger partial charge in [0.15, 0.2) is 0 Å². The number of fused-ring (bicyclic) bond motifs is 1. The molecule has 2 bridgehead atoms. The number of carbonyl (C=O) groups excluding carboxylic acids is 3. The Labute approximate surface area is 187 Å². The van der Waals surface area contributed by atoms with Crippen molar-refractivity contribution in [2.45, 2.75) is 17.4 Å². The summed E-state index contributed by atoms with van der Waals surface area (Å²) in [5.41, 5.74) is 1.57. The molecule has 3 fully saturated rings. The quantitative estimate of drug-likeness (QED) is 0.500. The summed E-state index contributed by atoms with van der Waals surface area (Å²) in [5.74, 6) is -0.662. The zero-order chi connectivity index (χ0) is 21.7. The van der Waals surface area contributed by atoms with Crippen LogP contribution >= 0.6 is 15.9 Å². The predicted molar refractivity (Wildman–Crippen MR) is 117 cm³/mol. The van der Waals surface area contributed by atoms with Crippen molar-refractivity contribution in [3.8, 4) is 5.75 Å². The van der Waals surface area contributed by atoms with Crippen molar-refractivity contribution in [3.05, 3.63) is 54.1 Å². The molecule has 1 aliphatic heterocycles. The van der Waals surface area contributed by atoms with Gasteiger partial charge in [0.2, 0.25) is 5.91 Å². The number of carbonyl (C=O) groups is 3. The lowest BCUT2D eigenvalue weighted by Crippen LogP contribution is -2.40. The molecule has 2 aromatic carbocycles. The maximum atomic E-state index is 13.1. The highest BCUT2D eigenvalue weighted by Gasteiger charge is 2.67. The van der Waals surface area contributed by atoms with E-state index in [1.54, 1.807) is 55.6 Å². The fourth-order valence-electron chi connectivity index (χ4n) is 5.17. The Morgan fingerprint density at radius 3 is 2.58 bits per heavy atom. The standard InChI is InChI=1S/C23H21BrN2O5/c1-30-14-7-5-12(6-8-14)25-21(27)11-3-2-4-13(9-11)26-22(28)17-15-10-16-18(17)23(29)31-20(16)19(15)24/h2-9,15-20H,10H2,1H3,(H,25,27)(H,26,28)/t15-,16-,17-,18-,19+,20+/m1/s1. The molecule has 8 heteroatoms.